The second kappa shape index (κ2) is 7.66. The van der Waals surface area contributed by atoms with E-state index in [1.165, 1.54) is 38.5 Å². The van der Waals surface area contributed by atoms with E-state index in [2.05, 4.69) is 49.1 Å². The summed E-state index contributed by atoms with van der Waals surface area (Å²) in [7, 11) is 0. The second-order valence-electron chi connectivity index (χ2n) is 11.4. The topological polar surface area (TPSA) is 32.7 Å². The number of ether oxygens (including phenoxy) is 1. The number of aliphatic hydroxyl groups is 1. The molecule has 0 bridgehead atoms. The minimum atomic E-state index is -0.358. The van der Waals surface area contributed by atoms with Crippen LogP contribution >= 0.6 is 0 Å². The molecule has 4 fully saturated rings. The average Bonchev–Trinajstić information content (AvgIpc) is 2.67. The molecule has 5 unspecified atom stereocenters. The van der Waals surface area contributed by atoms with Crippen LogP contribution in [0.1, 0.15) is 57.9 Å². The molecule has 6 atom stereocenters. The predicted molar refractivity (Wildman–Crippen MR) is 117 cm³/mol. The summed E-state index contributed by atoms with van der Waals surface area (Å²) < 4.78 is 6.18. The Morgan fingerprint density at radius 1 is 1.14 bits per heavy atom. The maximum absolute atomic E-state index is 10.5. The molecule has 1 aliphatic heterocycles. The van der Waals surface area contributed by atoms with Crippen LogP contribution in [0.5, 0.6) is 0 Å². The van der Waals surface area contributed by atoms with Crippen molar-refractivity contribution in [2.24, 2.45) is 29.1 Å². The standard InChI is InChI=1S/C26H39NO2/c1-19-8-10-27(11-9-19)15-23(28)16-29-18-25(2)13-20-12-21-14-26(17-25,24(20)21)22-6-4-3-5-7-22/h3-7,19-21,23-24,28H,8-18H2,1-2H3/t20?,21?,23-,24?,25?,26?/m0/s1. The zero-order valence-corrected chi connectivity index (χ0v) is 18.4. The van der Waals surface area contributed by atoms with Gasteiger partial charge in [-0.2, -0.15) is 0 Å². The number of nitrogens with zero attached hydrogens (tertiary/aromatic N) is 1. The highest BCUT2D eigenvalue weighted by molar-refractivity contribution is 5.36. The quantitative estimate of drug-likeness (QED) is 0.736. The van der Waals surface area contributed by atoms with E-state index >= 15 is 0 Å². The summed E-state index contributed by atoms with van der Waals surface area (Å²) in [5.74, 6) is 3.63. The molecule has 29 heavy (non-hydrogen) atoms. The highest BCUT2D eigenvalue weighted by Crippen LogP contribution is 2.73. The fraction of sp³-hybridized carbons (Fsp3) is 0.769. The molecule has 3 heteroatoms. The third-order valence-electron chi connectivity index (χ3n) is 8.84. The maximum Gasteiger partial charge on any atom is 0.0900 e. The number of aliphatic hydroxyl groups excluding tert-OH is 1. The second-order valence-corrected chi connectivity index (χ2v) is 11.4. The minimum absolute atomic E-state index is 0.239. The molecule has 1 saturated heterocycles. The molecule has 0 amide bonds. The van der Waals surface area contributed by atoms with Crippen LogP contribution in [0, 0.1) is 29.1 Å². The first kappa shape index (κ1) is 20.0. The van der Waals surface area contributed by atoms with Gasteiger partial charge in [0.2, 0.25) is 0 Å². The van der Waals surface area contributed by atoms with Gasteiger partial charge in [-0.15, -0.1) is 0 Å². The molecule has 5 rings (SSSR count). The Bertz CT molecular complexity index is 700. The first-order valence-electron chi connectivity index (χ1n) is 12.0. The lowest BCUT2D eigenvalue weighted by Crippen LogP contribution is -2.67. The highest BCUT2D eigenvalue weighted by Gasteiger charge is 2.67. The van der Waals surface area contributed by atoms with Crippen LogP contribution in [-0.4, -0.2) is 49.0 Å². The smallest absolute Gasteiger partial charge is 0.0900 e. The number of benzene rings is 1. The third-order valence-corrected chi connectivity index (χ3v) is 8.84. The van der Waals surface area contributed by atoms with Crippen molar-refractivity contribution >= 4 is 0 Å². The molecule has 0 radical (unpaired) electrons. The van der Waals surface area contributed by atoms with Gasteiger partial charge in [-0.3, -0.25) is 0 Å². The molecular weight excluding hydrogens is 358 g/mol. The Balaban J connectivity index is 1.16. The van der Waals surface area contributed by atoms with E-state index in [1.807, 2.05) is 0 Å². The van der Waals surface area contributed by atoms with E-state index in [0.29, 0.717) is 12.0 Å². The normalized spacial score (nSPS) is 40.6. The summed E-state index contributed by atoms with van der Waals surface area (Å²) in [6, 6.07) is 11.3. The Hall–Kier alpha value is -0.900. The van der Waals surface area contributed by atoms with Crippen LogP contribution in [0.3, 0.4) is 0 Å². The van der Waals surface area contributed by atoms with Crippen molar-refractivity contribution < 1.29 is 9.84 Å². The van der Waals surface area contributed by atoms with Gasteiger partial charge in [0.15, 0.2) is 0 Å². The fourth-order valence-corrected chi connectivity index (χ4v) is 7.62. The van der Waals surface area contributed by atoms with Crippen molar-refractivity contribution in [3.05, 3.63) is 35.9 Å². The van der Waals surface area contributed by atoms with E-state index in [9.17, 15) is 5.11 Å². The van der Waals surface area contributed by atoms with Crippen molar-refractivity contribution in [1.29, 1.82) is 0 Å². The van der Waals surface area contributed by atoms with Gasteiger partial charge >= 0.3 is 0 Å². The van der Waals surface area contributed by atoms with Crippen LogP contribution in [0.2, 0.25) is 0 Å². The predicted octanol–water partition coefficient (Wildman–Crippen LogP) is 4.49. The van der Waals surface area contributed by atoms with Crippen molar-refractivity contribution in [3.8, 4) is 0 Å². The molecule has 3 nitrogen and oxygen atoms in total. The molecule has 1 aromatic carbocycles. The van der Waals surface area contributed by atoms with Crippen LogP contribution in [0.15, 0.2) is 30.3 Å². The number of β-amino-alcohol motifs (C(OH)–C–C–N with tert-alkyl or cyclic N) is 1. The van der Waals surface area contributed by atoms with Gasteiger partial charge in [0, 0.05) is 6.54 Å². The Labute approximate surface area is 176 Å². The third kappa shape index (κ3) is 3.68. The Morgan fingerprint density at radius 3 is 2.59 bits per heavy atom. The first-order chi connectivity index (χ1) is 14.0. The lowest BCUT2D eigenvalue weighted by atomic mass is 9.32. The Kier molecular flexibility index (Phi) is 5.29. The molecule has 4 aliphatic rings. The van der Waals surface area contributed by atoms with Crippen molar-refractivity contribution in [2.75, 3.05) is 32.8 Å². The molecule has 1 heterocycles. The van der Waals surface area contributed by atoms with Gasteiger partial charge < -0.3 is 14.7 Å². The number of hydrogen-bond acceptors (Lipinski definition) is 3. The van der Waals surface area contributed by atoms with Crippen molar-refractivity contribution in [3.63, 3.8) is 0 Å². The van der Waals surface area contributed by atoms with Crippen LogP contribution in [-0.2, 0) is 10.2 Å². The van der Waals surface area contributed by atoms with Gasteiger partial charge in [-0.1, -0.05) is 44.2 Å². The van der Waals surface area contributed by atoms with Crippen LogP contribution < -0.4 is 0 Å². The van der Waals surface area contributed by atoms with Crippen LogP contribution in [0.4, 0.5) is 0 Å². The van der Waals surface area contributed by atoms with E-state index in [-0.39, 0.29) is 11.5 Å². The van der Waals surface area contributed by atoms with E-state index in [0.717, 1.165) is 49.9 Å². The molecule has 160 valence electrons. The number of rotatable bonds is 7. The summed E-state index contributed by atoms with van der Waals surface area (Å²) in [5, 5.41) is 10.5. The van der Waals surface area contributed by atoms with Gasteiger partial charge in [-0.05, 0) is 91.7 Å². The van der Waals surface area contributed by atoms with Gasteiger partial charge in [0.1, 0.15) is 0 Å². The monoisotopic (exact) mass is 397 g/mol. The first-order valence-corrected chi connectivity index (χ1v) is 12.0. The lowest BCUT2D eigenvalue weighted by Gasteiger charge is -2.72. The average molecular weight is 398 g/mol. The van der Waals surface area contributed by atoms with Crippen molar-refractivity contribution in [2.45, 2.75) is 63.9 Å². The minimum Gasteiger partial charge on any atom is -0.389 e. The zero-order chi connectivity index (χ0) is 20.1. The summed E-state index contributed by atoms with van der Waals surface area (Å²) >= 11 is 0. The molecule has 3 saturated carbocycles. The molecule has 1 aromatic rings. The van der Waals surface area contributed by atoms with E-state index in [1.54, 1.807) is 5.56 Å². The summed E-state index contributed by atoms with van der Waals surface area (Å²) in [6.07, 6.45) is 7.54. The highest BCUT2D eigenvalue weighted by atomic mass is 16.5. The maximum atomic E-state index is 10.5. The van der Waals surface area contributed by atoms with Crippen LogP contribution in [0.25, 0.3) is 0 Å². The summed E-state index contributed by atoms with van der Waals surface area (Å²) in [4.78, 5) is 2.41. The Morgan fingerprint density at radius 2 is 1.86 bits per heavy atom. The molecular formula is C26H39NO2. The molecule has 0 aromatic heterocycles. The van der Waals surface area contributed by atoms with E-state index in [4.69, 9.17) is 4.74 Å². The number of piperidine rings is 1. The largest absolute Gasteiger partial charge is 0.389 e. The van der Waals surface area contributed by atoms with Gasteiger partial charge in [0.05, 0.1) is 19.3 Å². The fourth-order valence-electron chi connectivity index (χ4n) is 7.62. The number of hydrogen-bond donors (Lipinski definition) is 1. The van der Waals surface area contributed by atoms with Crippen molar-refractivity contribution in [1.82, 2.24) is 4.90 Å². The molecule has 1 N–H and O–H groups in total. The SMILES string of the molecule is CC1CCN(C[C@H](O)COCC2(C)CC3CC4CC(c5ccccc5)(C2)C34)CC1. The zero-order valence-electron chi connectivity index (χ0n) is 18.4. The summed E-state index contributed by atoms with van der Waals surface area (Å²) in [5.41, 5.74) is 2.20. The molecule has 3 aliphatic carbocycles. The van der Waals surface area contributed by atoms with Gasteiger partial charge in [-0.25, -0.2) is 0 Å². The lowest BCUT2D eigenvalue weighted by molar-refractivity contribution is -0.193. The molecule has 0 spiro atoms. The summed E-state index contributed by atoms with van der Waals surface area (Å²) in [6.45, 7) is 9.07. The van der Waals surface area contributed by atoms with Gasteiger partial charge in [0.25, 0.3) is 0 Å². The van der Waals surface area contributed by atoms with E-state index < -0.39 is 0 Å². The number of likely N-dealkylation sites (tertiary alicyclic amines) is 1.